The molecule has 0 saturated carbocycles. The van der Waals surface area contributed by atoms with E-state index >= 15 is 0 Å². The van der Waals surface area contributed by atoms with Gasteiger partial charge in [-0.25, -0.2) is 0 Å². The topological polar surface area (TPSA) is 42.9 Å². The lowest BCUT2D eigenvalue weighted by atomic mass is 10.1. The van der Waals surface area contributed by atoms with Gasteiger partial charge in [-0.3, -0.25) is 4.79 Å². The van der Waals surface area contributed by atoms with Crippen molar-refractivity contribution in [3.63, 3.8) is 0 Å². The average Bonchev–Trinajstić information content (AvgIpc) is 2.92. The maximum Gasteiger partial charge on any atom is 0.175 e. The minimum atomic E-state index is 0.195. The second-order valence-electron chi connectivity index (χ2n) is 3.92. The number of nitrogens with zero attached hydrogens (tertiary/aromatic N) is 2. The number of halogens is 1. The predicted octanol–water partition coefficient (Wildman–Crippen LogP) is 4.78. The highest BCUT2D eigenvalue weighted by molar-refractivity contribution is 9.10. The highest BCUT2D eigenvalue weighted by Crippen LogP contribution is 2.27. The zero-order valence-electron chi connectivity index (χ0n) is 10.8. The Labute approximate surface area is 139 Å². The fourth-order valence-electron chi connectivity index (χ4n) is 1.51. The third-order valence-electron chi connectivity index (χ3n) is 2.50. The summed E-state index contributed by atoms with van der Waals surface area (Å²) in [7, 11) is 0. The molecule has 20 heavy (non-hydrogen) atoms. The molecule has 0 atom stereocenters. The largest absolute Gasteiger partial charge is 0.294 e. The van der Waals surface area contributed by atoms with E-state index in [1.165, 1.54) is 0 Å². The Morgan fingerprint density at radius 3 is 2.60 bits per heavy atom. The molecule has 3 nitrogen and oxygen atoms in total. The molecule has 0 amide bonds. The summed E-state index contributed by atoms with van der Waals surface area (Å²) in [6.07, 6.45) is 3.42. The van der Waals surface area contributed by atoms with Gasteiger partial charge >= 0.3 is 0 Å². The van der Waals surface area contributed by atoms with E-state index in [2.05, 4.69) is 26.1 Å². The standard InChI is InChI=1S/C13H13BrN2OS3/c1-18-12-15-16-13(20-12)19-8-2-3-11(17)9-4-6-10(14)7-5-9/h4-7H,2-3,8H2,1H3. The number of carbonyl (C=O) groups is 1. The molecule has 0 spiro atoms. The normalized spacial score (nSPS) is 10.7. The SMILES string of the molecule is CSc1nnc(SCCCC(=O)c2ccc(Br)cc2)s1. The highest BCUT2D eigenvalue weighted by atomic mass is 79.9. The van der Waals surface area contributed by atoms with Crippen LogP contribution >= 0.6 is 50.8 Å². The summed E-state index contributed by atoms with van der Waals surface area (Å²) in [6.45, 7) is 0. The van der Waals surface area contributed by atoms with Crippen LogP contribution in [0.3, 0.4) is 0 Å². The number of hydrogen-bond acceptors (Lipinski definition) is 6. The third-order valence-corrected chi connectivity index (χ3v) is 6.15. The van der Waals surface area contributed by atoms with Crippen LogP contribution in [0, 0.1) is 0 Å². The minimum absolute atomic E-state index is 0.195. The monoisotopic (exact) mass is 388 g/mol. The molecule has 0 aliphatic carbocycles. The molecule has 7 heteroatoms. The summed E-state index contributed by atoms with van der Waals surface area (Å²) < 4.78 is 2.95. The Morgan fingerprint density at radius 1 is 1.25 bits per heavy atom. The third kappa shape index (κ3) is 4.87. The fraction of sp³-hybridized carbons (Fsp3) is 0.308. The van der Waals surface area contributed by atoms with Crippen LogP contribution in [0.2, 0.25) is 0 Å². The lowest BCUT2D eigenvalue weighted by Gasteiger charge is -2.00. The van der Waals surface area contributed by atoms with Crippen molar-refractivity contribution in [3.8, 4) is 0 Å². The number of thioether (sulfide) groups is 2. The van der Waals surface area contributed by atoms with E-state index in [1.54, 1.807) is 34.9 Å². The van der Waals surface area contributed by atoms with Gasteiger partial charge in [-0.15, -0.1) is 10.2 Å². The van der Waals surface area contributed by atoms with Gasteiger partial charge in [-0.05, 0) is 24.8 Å². The first-order chi connectivity index (χ1) is 9.69. The van der Waals surface area contributed by atoms with Crippen LogP contribution in [-0.4, -0.2) is 28.0 Å². The lowest BCUT2D eigenvalue weighted by Crippen LogP contribution is -1.99. The van der Waals surface area contributed by atoms with Crippen LogP contribution in [0.25, 0.3) is 0 Å². The van der Waals surface area contributed by atoms with Gasteiger partial charge in [0.1, 0.15) is 0 Å². The van der Waals surface area contributed by atoms with Crippen molar-refractivity contribution in [1.82, 2.24) is 10.2 Å². The van der Waals surface area contributed by atoms with E-state index in [1.807, 2.05) is 30.5 Å². The minimum Gasteiger partial charge on any atom is -0.294 e. The molecule has 0 unspecified atom stereocenters. The molecule has 1 heterocycles. The van der Waals surface area contributed by atoms with Crippen LogP contribution in [0.15, 0.2) is 37.4 Å². The van der Waals surface area contributed by atoms with E-state index in [0.29, 0.717) is 6.42 Å². The molecule has 0 radical (unpaired) electrons. The first-order valence-corrected chi connectivity index (χ1v) is 9.80. The van der Waals surface area contributed by atoms with Gasteiger partial charge < -0.3 is 0 Å². The predicted molar refractivity (Wildman–Crippen MR) is 90.1 cm³/mol. The van der Waals surface area contributed by atoms with E-state index in [0.717, 1.165) is 30.9 Å². The molecule has 1 aromatic carbocycles. The Bertz CT molecular complexity index is 571. The molecule has 0 fully saturated rings. The summed E-state index contributed by atoms with van der Waals surface area (Å²) in [4.78, 5) is 12.0. The van der Waals surface area contributed by atoms with Crippen molar-refractivity contribution in [2.24, 2.45) is 0 Å². The van der Waals surface area contributed by atoms with Crippen molar-refractivity contribution in [3.05, 3.63) is 34.3 Å². The number of rotatable bonds is 7. The average molecular weight is 389 g/mol. The second kappa shape index (κ2) is 8.17. The molecule has 0 N–H and O–H groups in total. The highest BCUT2D eigenvalue weighted by Gasteiger charge is 2.07. The molecule has 2 rings (SSSR count). The van der Waals surface area contributed by atoms with Crippen molar-refractivity contribution in [2.45, 2.75) is 21.5 Å². The van der Waals surface area contributed by atoms with Crippen molar-refractivity contribution in [1.29, 1.82) is 0 Å². The van der Waals surface area contributed by atoms with Crippen molar-refractivity contribution in [2.75, 3.05) is 12.0 Å². The molecule has 0 aliphatic heterocycles. The van der Waals surface area contributed by atoms with Crippen LogP contribution in [0.4, 0.5) is 0 Å². The number of hydrogen-bond donors (Lipinski definition) is 0. The summed E-state index contributed by atoms with van der Waals surface area (Å²) in [6, 6.07) is 7.50. The quantitative estimate of drug-likeness (QED) is 0.387. The molecular weight excluding hydrogens is 376 g/mol. The van der Waals surface area contributed by atoms with Gasteiger partial charge in [0.25, 0.3) is 0 Å². The molecule has 0 bridgehead atoms. The van der Waals surface area contributed by atoms with Crippen LogP contribution in [0.1, 0.15) is 23.2 Å². The number of carbonyl (C=O) groups excluding carboxylic acids is 1. The van der Waals surface area contributed by atoms with Crippen LogP contribution in [-0.2, 0) is 0 Å². The number of aromatic nitrogens is 2. The second-order valence-corrected chi connectivity index (χ2v) is 8.21. The Hall–Kier alpha value is -0.370. The summed E-state index contributed by atoms with van der Waals surface area (Å²) in [5.41, 5.74) is 0.777. The zero-order valence-corrected chi connectivity index (χ0v) is 14.9. The fourth-order valence-corrected chi connectivity index (χ4v) is 4.22. The van der Waals surface area contributed by atoms with Gasteiger partial charge in [0.05, 0.1) is 0 Å². The maximum absolute atomic E-state index is 12.0. The molecule has 1 aromatic heterocycles. The van der Waals surface area contributed by atoms with Gasteiger partial charge in [-0.1, -0.05) is 62.9 Å². The van der Waals surface area contributed by atoms with Crippen LogP contribution < -0.4 is 0 Å². The first-order valence-electron chi connectivity index (χ1n) is 5.98. The Balaban J connectivity index is 1.72. The summed E-state index contributed by atoms with van der Waals surface area (Å²) >= 11 is 8.24. The number of Topliss-reactive ketones (excluding diaryl/α,β-unsaturated/α-hetero) is 1. The van der Waals surface area contributed by atoms with Crippen LogP contribution in [0.5, 0.6) is 0 Å². The number of ketones is 1. The summed E-state index contributed by atoms with van der Waals surface area (Å²) in [5.74, 6) is 1.09. The van der Waals surface area contributed by atoms with Crippen molar-refractivity contribution < 1.29 is 4.79 Å². The van der Waals surface area contributed by atoms with E-state index in [9.17, 15) is 4.79 Å². The van der Waals surface area contributed by atoms with Gasteiger partial charge in [0, 0.05) is 22.2 Å². The lowest BCUT2D eigenvalue weighted by molar-refractivity contribution is 0.0982. The van der Waals surface area contributed by atoms with E-state index in [4.69, 9.17) is 0 Å². The molecule has 0 aliphatic rings. The van der Waals surface area contributed by atoms with Crippen molar-refractivity contribution >= 4 is 56.6 Å². The Kier molecular flexibility index (Phi) is 6.54. The maximum atomic E-state index is 12.0. The van der Waals surface area contributed by atoms with E-state index < -0.39 is 0 Å². The molecule has 106 valence electrons. The van der Waals surface area contributed by atoms with Gasteiger partial charge in [0.15, 0.2) is 14.5 Å². The van der Waals surface area contributed by atoms with Gasteiger partial charge in [0.2, 0.25) is 0 Å². The first kappa shape index (κ1) is 16.0. The zero-order chi connectivity index (χ0) is 14.4. The van der Waals surface area contributed by atoms with E-state index in [-0.39, 0.29) is 5.78 Å². The molecule has 2 aromatic rings. The molecule has 0 saturated heterocycles. The molecular formula is C13H13BrN2OS3. The smallest absolute Gasteiger partial charge is 0.175 e. The van der Waals surface area contributed by atoms with Gasteiger partial charge in [-0.2, -0.15) is 0 Å². The number of benzene rings is 1. The summed E-state index contributed by atoms with van der Waals surface area (Å²) in [5, 5.41) is 8.14. The Morgan fingerprint density at radius 2 is 1.95 bits per heavy atom.